The van der Waals surface area contributed by atoms with Crippen LogP contribution in [0, 0.1) is 13.8 Å². The zero-order valence-electron chi connectivity index (χ0n) is 16.1. The first kappa shape index (κ1) is 18.8. The largest absolute Gasteiger partial charge is 0.350 e. The lowest BCUT2D eigenvalue weighted by Gasteiger charge is -2.24. The van der Waals surface area contributed by atoms with Crippen molar-refractivity contribution in [1.29, 1.82) is 0 Å². The molecule has 0 radical (unpaired) electrons. The maximum atomic E-state index is 13.0. The molecule has 1 amide bonds. The van der Waals surface area contributed by atoms with Crippen molar-refractivity contribution < 1.29 is 4.79 Å². The Labute approximate surface area is 168 Å². The number of carbonyl (C=O) groups is 1. The molecule has 1 fully saturated rings. The summed E-state index contributed by atoms with van der Waals surface area (Å²) >= 11 is 1.65. The zero-order chi connectivity index (χ0) is 19.5. The van der Waals surface area contributed by atoms with E-state index in [-0.39, 0.29) is 18.0 Å². The molecule has 1 aliphatic heterocycles. The van der Waals surface area contributed by atoms with Gasteiger partial charge >= 0.3 is 0 Å². The Hall–Kier alpha value is -2.58. The Bertz CT molecular complexity index is 924. The standard InChI is InChI=1S/C20H24N6OS/c1-14-5-6-16(15(2)8-14)11-25-12-17(26-13-22-23-24-26)9-19(25)20(27)21-10-18-4-3-7-28-18/h3-8,13,17,19H,9-12H2,1-2H3,(H,21,27)/t17-,19-/m0/s1. The number of benzene rings is 1. The quantitative estimate of drug-likeness (QED) is 0.693. The smallest absolute Gasteiger partial charge is 0.237 e. The number of nitrogens with zero attached hydrogens (tertiary/aromatic N) is 5. The third-order valence-corrected chi connectivity index (χ3v) is 6.19. The molecule has 2 atom stereocenters. The molecule has 0 bridgehead atoms. The monoisotopic (exact) mass is 396 g/mol. The number of hydrogen-bond donors (Lipinski definition) is 1. The number of hydrogen-bond acceptors (Lipinski definition) is 6. The van der Waals surface area contributed by atoms with Crippen molar-refractivity contribution in [3.05, 3.63) is 63.6 Å². The maximum Gasteiger partial charge on any atom is 0.237 e. The van der Waals surface area contributed by atoms with Crippen LogP contribution in [-0.2, 0) is 17.9 Å². The van der Waals surface area contributed by atoms with Crippen molar-refractivity contribution in [3.63, 3.8) is 0 Å². The normalized spacial score (nSPS) is 19.8. The molecule has 0 unspecified atom stereocenters. The van der Waals surface area contributed by atoms with Crippen LogP contribution in [-0.4, -0.2) is 43.6 Å². The summed E-state index contributed by atoms with van der Waals surface area (Å²) in [6.45, 7) is 6.28. The van der Waals surface area contributed by atoms with Crippen molar-refractivity contribution in [1.82, 2.24) is 30.4 Å². The van der Waals surface area contributed by atoms with Crippen LogP contribution in [0.2, 0.25) is 0 Å². The van der Waals surface area contributed by atoms with Gasteiger partial charge in [0, 0.05) is 18.0 Å². The molecule has 0 saturated carbocycles. The van der Waals surface area contributed by atoms with Gasteiger partial charge in [-0.2, -0.15) is 0 Å². The summed E-state index contributed by atoms with van der Waals surface area (Å²) < 4.78 is 1.77. The summed E-state index contributed by atoms with van der Waals surface area (Å²) in [4.78, 5) is 16.4. The van der Waals surface area contributed by atoms with E-state index in [1.807, 2.05) is 17.5 Å². The Kier molecular flexibility index (Phi) is 5.50. The minimum Gasteiger partial charge on any atom is -0.350 e. The van der Waals surface area contributed by atoms with E-state index in [1.54, 1.807) is 22.3 Å². The number of carbonyl (C=O) groups excluding carboxylic acids is 1. The van der Waals surface area contributed by atoms with Crippen LogP contribution in [0.4, 0.5) is 0 Å². The van der Waals surface area contributed by atoms with Gasteiger partial charge in [0.05, 0.1) is 18.6 Å². The van der Waals surface area contributed by atoms with E-state index in [4.69, 9.17) is 0 Å². The van der Waals surface area contributed by atoms with Gasteiger partial charge in [0.15, 0.2) is 0 Å². The molecule has 1 aliphatic rings. The van der Waals surface area contributed by atoms with E-state index in [2.05, 4.69) is 57.8 Å². The van der Waals surface area contributed by atoms with Crippen LogP contribution in [0.15, 0.2) is 42.0 Å². The number of rotatable bonds is 6. The molecule has 1 N–H and O–H groups in total. The van der Waals surface area contributed by atoms with Crippen LogP contribution in [0.5, 0.6) is 0 Å². The molecular formula is C20H24N6OS. The van der Waals surface area contributed by atoms with E-state index >= 15 is 0 Å². The molecule has 0 spiro atoms. The number of aryl methyl sites for hydroxylation is 2. The van der Waals surface area contributed by atoms with Gasteiger partial charge in [0.2, 0.25) is 5.91 Å². The number of amides is 1. The molecule has 3 heterocycles. The van der Waals surface area contributed by atoms with Crippen LogP contribution in [0.25, 0.3) is 0 Å². The molecule has 7 nitrogen and oxygen atoms in total. The fourth-order valence-corrected chi connectivity index (χ4v) is 4.45. The van der Waals surface area contributed by atoms with Crippen molar-refractivity contribution in [2.24, 2.45) is 0 Å². The topological polar surface area (TPSA) is 75.9 Å². The second-order valence-corrected chi connectivity index (χ2v) is 8.38. The first-order valence-electron chi connectivity index (χ1n) is 9.43. The summed E-state index contributed by atoms with van der Waals surface area (Å²) in [5, 5.41) is 16.7. The number of likely N-dealkylation sites (tertiary alicyclic amines) is 1. The third kappa shape index (κ3) is 4.13. The molecule has 4 rings (SSSR count). The van der Waals surface area contributed by atoms with Crippen molar-refractivity contribution in [2.45, 2.75) is 45.4 Å². The highest BCUT2D eigenvalue weighted by atomic mass is 32.1. The summed E-state index contributed by atoms with van der Waals surface area (Å²) in [5.74, 6) is 0.0636. The van der Waals surface area contributed by atoms with E-state index in [1.165, 1.54) is 16.7 Å². The number of thiophene rings is 1. The van der Waals surface area contributed by atoms with Gasteiger partial charge in [-0.25, -0.2) is 4.68 Å². The van der Waals surface area contributed by atoms with E-state index in [0.29, 0.717) is 13.0 Å². The molecular weight excluding hydrogens is 372 g/mol. The second-order valence-electron chi connectivity index (χ2n) is 7.35. The molecule has 0 aliphatic carbocycles. The molecule has 1 aromatic carbocycles. The average Bonchev–Trinajstić information content (AvgIpc) is 3.43. The number of tetrazole rings is 1. The number of aromatic nitrogens is 4. The molecule has 1 saturated heterocycles. The lowest BCUT2D eigenvalue weighted by Crippen LogP contribution is -2.42. The second kappa shape index (κ2) is 8.20. The summed E-state index contributed by atoms with van der Waals surface area (Å²) in [5.41, 5.74) is 3.75. The zero-order valence-corrected chi connectivity index (χ0v) is 16.9. The average molecular weight is 397 g/mol. The van der Waals surface area contributed by atoms with Crippen LogP contribution < -0.4 is 5.32 Å². The molecule has 146 valence electrons. The Balaban J connectivity index is 1.50. The highest BCUT2D eigenvalue weighted by molar-refractivity contribution is 7.09. The van der Waals surface area contributed by atoms with E-state index in [0.717, 1.165) is 18.0 Å². The van der Waals surface area contributed by atoms with Crippen LogP contribution >= 0.6 is 11.3 Å². The van der Waals surface area contributed by atoms with Gasteiger partial charge in [-0.15, -0.1) is 16.4 Å². The van der Waals surface area contributed by atoms with Crippen molar-refractivity contribution >= 4 is 17.2 Å². The minimum absolute atomic E-state index is 0.0636. The number of nitrogens with one attached hydrogen (secondary N) is 1. The van der Waals surface area contributed by atoms with Crippen LogP contribution in [0.1, 0.15) is 34.0 Å². The lowest BCUT2D eigenvalue weighted by atomic mass is 10.0. The Morgan fingerprint density at radius 1 is 1.32 bits per heavy atom. The van der Waals surface area contributed by atoms with E-state index < -0.39 is 0 Å². The van der Waals surface area contributed by atoms with Gasteiger partial charge in [-0.3, -0.25) is 9.69 Å². The summed E-state index contributed by atoms with van der Waals surface area (Å²) in [6, 6.07) is 10.4. The fourth-order valence-electron chi connectivity index (χ4n) is 3.80. The van der Waals surface area contributed by atoms with Crippen LogP contribution in [0.3, 0.4) is 0 Å². The van der Waals surface area contributed by atoms with Gasteiger partial charge in [-0.1, -0.05) is 29.8 Å². The highest BCUT2D eigenvalue weighted by Gasteiger charge is 2.38. The SMILES string of the molecule is Cc1ccc(CN2C[C@@H](n3cnnn3)C[C@H]2C(=O)NCc2cccs2)c(C)c1. The van der Waals surface area contributed by atoms with Gasteiger partial charge in [0.1, 0.15) is 6.33 Å². The molecule has 8 heteroatoms. The predicted octanol–water partition coefficient (Wildman–Crippen LogP) is 2.48. The molecule has 2 aromatic heterocycles. The van der Waals surface area contributed by atoms with Gasteiger partial charge in [-0.05, 0) is 53.3 Å². The Morgan fingerprint density at radius 2 is 2.21 bits per heavy atom. The fraction of sp³-hybridized carbons (Fsp3) is 0.400. The maximum absolute atomic E-state index is 13.0. The van der Waals surface area contributed by atoms with Crippen molar-refractivity contribution in [2.75, 3.05) is 6.54 Å². The third-order valence-electron chi connectivity index (χ3n) is 5.31. The lowest BCUT2D eigenvalue weighted by molar-refractivity contribution is -0.125. The summed E-state index contributed by atoms with van der Waals surface area (Å²) in [7, 11) is 0. The molecule has 28 heavy (non-hydrogen) atoms. The summed E-state index contributed by atoms with van der Waals surface area (Å²) in [6.07, 6.45) is 2.33. The van der Waals surface area contributed by atoms with Crippen molar-refractivity contribution in [3.8, 4) is 0 Å². The Morgan fingerprint density at radius 3 is 2.93 bits per heavy atom. The van der Waals surface area contributed by atoms with E-state index in [9.17, 15) is 4.79 Å². The van der Waals surface area contributed by atoms with Gasteiger partial charge in [0.25, 0.3) is 0 Å². The first-order chi connectivity index (χ1) is 13.6. The molecule has 3 aromatic rings. The highest BCUT2D eigenvalue weighted by Crippen LogP contribution is 2.29. The first-order valence-corrected chi connectivity index (χ1v) is 10.3. The predicted molar refractivity (Wildman–Crippen MR) is 108 cm³/mol. The van der Waals surface area contributed by atoms with Gasteiger partial charge < -0.3 is 5.32 Å². The minimum atomic E-state index is -0.199.